The van der Waals surface area contributed by atoms with Crippen LogP contribution in [0.15, 0.2) is 55.1 Å². The minimum Gasteiger partial charge on any atom is -0.481 e. The average molecular weight is 800 g/mol. The van der Waals surface area contributed by atoms with E-state index in [0.717, 1.165) is 38.5 Å². The van der Waals surface area contributed by atoms with E-state index in [0.29, 0.717) is 34.7 Å². The molecule has 1 aliphatic rings. The zero-order valence-corrected chi connectivity index (χ0v) is 32.3. The van der Waals surface area contributed by atoms with Gasteiger partial charge in [-0.2, -0.15) is 0 Å². The van der Waals surface area contributed by atoms with Crippen molar-refractivity contribution in [2.45, 2.75) is 77.4 Å². The summed E-state index contributed by atoms with van der Waals surface area (Å²) in [6.45, 7) is 5.18. The molecule has 1 heterocycles. The van der Waals surface area contributed by atoms with Crippen LogP contribution in [0.4, 0.5) is 4.79 Å². The van der Waals surface area contributed by atoms with Crippen LogP contribution in [-0.2, 0) is 36.8 Å². The van der Waals surface area contributed by atoms with Crippen LogP contribution in [0, 0.1) is 11.3 Å². The number of carboxylic acids is 1. The molecule has 1 saturated carbocycles. The van der Waals surface area contributed by atoms with Gasteiger partial charge in [-0.25, -0.2) is 14.6 Å². The van der Waals surface area contributed by atoms with E-state index in [1.807, 2.05) is 0 Å². The number of benzene rings is 2. The van der Waals surface area contributed by atoms with Gasteiger partial charge >= 0.3 is 24.0 Å². The SMILES string of the molecule is C=Cc1cc(C(=O)Cc2ccc(C(=N)NC(=O)OCCCCCC)cc2)c(-c2ccc(C(=O)NCC3CC3)nc2C(=O)OCOC(=O)[C@@H](N)CCC(=O)O)cc1CO. The molecule has 16 heteroatoms. The molecule has 58 heavy (non-hydrogen) atoms. The molecule has 0 radical (unpaired) electrons. The second-order valence-electron chi connectivity index (χ2n) is 13.8. The van der Waals surface area contributed by atoms with E-state index in [1.54, 1.807) is 24.3 Å². The number of unbranched alkanes of at least 4 members (excludes halogenated alkanes) is 3. The molecule has 1 aliphatic carbocycles. The second kappa shape index (κ2) is 21.9. The highest BCUT2D eigenvalue weighted by Crippen LogP contribution is 2.32. The highest BCUT2D eigenvalue weighted by Gasteiger charge is 2.27. The lowest BCUT2D eigenvalue weighted by Crippen LogP contribution is -2.33. The Hall–Kier alpha value is -6.26. The number of alkyl carbamates (subject to hydrolysis) is 1. The third-order valence-electron chi connectivity index (χ3n) is 9.26. The van der Waals surface area contributed by atoms with Crippen LogP contribution in [0.25, 0.3) is 17.2 Å². The van der Waals surface area contributed by atoms with Gasteiger partial charge < -0.3 is 35.5 Å². The summed E-state index contributed by atoms with van der Waals surface area (Å²) in [6, 6.07) is 11.0. The Labute approximate surface area is 335 Å². The zero-order valence-electron chi connectivity index (χ0n) is 32.3. The summed E-state index contributed by atoms with van der Waals surface area (Å²) in [5.74, 6) is -4.08. The first-order chi connectivity index (χ1) is 27.8. The van der Waals surface area contributed by atoms with E-state index in [9.17, 15) is 33.9 Å². The normalized spacial score (nSPS) is 12.5. The standard InChI is InChI=1S/C42H49N5O11/c1-3-5-6-7-18-56-42(55)47-38(44)28-12-10-25(11-13-28)19-35(49)32-20-27(4-2)29(23-48)21-31(32)30-14-16-34(39(52)45-22-26-8-9-26)46-37(30)41(54)58-24-57-40(53)33(43)15-17-36(50)51/h4,10-14,16,20-21,26,33,48H,2-3,5-9,15,17-19,22-24,43H2,1H3,(H,45,52)(H,50,51)(H2,44,47,55)/t33-/m0/s1. The van der Waals surface area contributed by atoms with Crippen LogP contribution in [-0.4, -0.2) is 82.7 Å². The van der Waals surface area contributed by atoms with Crippen molar-refractivity contribution in [2.24, 2.45) is 11.7 Å². The zero-order chi connectivity index (χ0) is 42.2. The molecule has 1 atom stereocenters. The molecule has 2 aromatic carbocycles. The van der Waals surface area contributed by atoms with E-state index in [4.69, 9.17) is 30.5 Å². The van der Waals surface area contributed by atoms with Gasteiger partial charge in [0.1, 0.15) is 17.6 Å². The number of carbonyl (C=O) groups is 6. The highest BCUT2D eigenvalue weighted by molar-refractivity contribution is 6.08. The number of amides is 2. The van der Waals surface area contributed by atoms with Gasteiger partial charge in [0, 0.05) is 36.1 Å². The lowest BCUT2D eigenvalue weighted by molar-refractivity contribution is -0.154. The van der Waals surface area contributed by atoms with Gasteiger partial charge in [0.05, 0.1) is 13.2 Å². The quantitative estimate of drug-likeness (QED) is 0.0197. The maximum absolute atomic E-state index is 14.1. The van der Waals surface area contributed by atoms with E-state index in [-0.39, 0.29) is 54.1 Å². The molecule has 1 aromatic heterocycles. The molecule has 4 rings (SSSR count). The first-order valence-corrected chi connectivity index (χ1v) is 19.0. The van der Waals surface area contributed by atoms with Crippen LogP contribution < -0.4 is 16.4 Å². The predicted molar refractivity (Wildman–Crippen MR) is 212 cm³/mol. The van der Waals surface area contributed by atoms with Gasteiger partial charge in [0.2, 0.25) is 6.79 Å². The Balaban J connectivity index is 1.60. The van der Waals surface area contributed by atoms with Crippen molar-refractivity contribution in [3.05, 3.63) is 94.3 Å². The number of hydrogen-bond donors (Lipinski definition) is 6. The molecule has 0 bridgehead atoms. The van der Waals surface area contributed by atoms with Gasteiger partial charge in [-0.15, -0.1) is 0 Å². The van der Waals surface area contributed by atoms with Crippen molar-refractivity contribution in [3.63, 3.8) is 0 Å². The number of aliphatic hydroxyl groups is 1. The molecule has 0 aliphatic heterocycles. The molecule has 0 unspecified atom stereocenters. The number of Topliss-reactive ketones (excluding diaryl/α,β-unsaturated/α-hetero) is 1. The van der Waals surface area contributed by atoms with Gasteiger partial charge in [0.15, 0.2) is 11.5 Å². The number of nitrogens with zero attached hydrogens (tertiary/aromatic N) is 1. The number of hydrogen-bond acceptors (Lipinski definition) is 13. The summed E-state index contributed by atoms with van der Waals surface area (Å²) < 4.78 is 15.3. The number of rotatable bonds is 22. The van der Waals surface area contributed by atoms with Crippen molar-refractivity contribution >= 4 is 47.6 Å². The molecular weight excluding hydrogens is 750 g/mol. The van der Waals surface area contributed by atoms with Crippen LogP contribution in [0.2, 0.25) is 0 Å². The lowest BCUT2D eigenvalue weighted by Gasteiger charge is -2.17. The first-order valence-electron chi connectivity index (χ1n) is 19.0. The van der Waals surface area contributed by atoms with Gasteiger partial charge in [-0.3, -0.25) is 29.9 Å². The molecule has 308 valence electrons. The van der Waals surface area contributed by atoms with Crippen LogP contribution >= 0.6 is 0 Å². The smallest absolute Gasteiger partial charge is 0.412 e. The molecule has 3 aromatic rings. The Kier molecular flexibility index (Phi) is 16.8. The number of carboxylic acid groups (broad SMARTS) is 1. The number of ketones is 1. The molecular formula is C42H49N5O11. The van der Waals surface area contributed by atoms with Gasteiger partial charge in [0.25, 0.3) is 5.91 Å². The number of pyridine rings is 1. The number of carbonyl (C=O) groups excluding carboxylic acids is 5. The van der Waals surface area contributed by atoms with E-state index in [2.05, 4.69) is 29.1 Å². The van der Waals surface area contributed by atoms with Crippen molar-refractivity contribution in [3.8, 4) is 11.1 Å². The maximum Gasteiger partial charge on any atom is 0.412 e. The summed E-state index contributed by atoms with van der Waals surface area (Å²) in [5.41, 5.74) is 7.27. The van der Waals surface area contributed by atoms with Crippen molar-refractivity contribution in [1.29, 1.82) is 5.41 Å². The Morgan fingerprint density at radius 2 is 1.74 bits per heavy atom. The number of nitrogens with two attached hydrogens (primary N) is 1. The van der Waals surface area contributed by atoms with Crippen molar-refractivity contribution in [1.82, 2.24) is 15.6 Å². The van der Waals surface area contributed by atoms with E-state index >= 15 is 0 Å². The number of nitrogens with one attached hydrogen (secondary N) is 3. The number of aromatic nitrogens is 1. The van der Waals surface area contributed by atoms with Crippen LogP contribution in [0.1, 0.15) is 112 Å². The number of aliphatic hydroxyl groups excluding tert-OH is 1. The molecule has 7 N–H and O–H groups in total. The van der Waals surface area contributed by atoms with E-state index in [1.165, 1.54) is 30.3 Å². The second-order valence-corrected chi connectivity index (χ2v) is 13.8. The fourth-order valence-corrected chi connectivity index (χ4v) is 5.74. The maximum atomic E-state index is 14.1. The number of ether oxygens (including phenoxy) is 3. The summed E-state index contributed by atoms with van der Waals surface area (Å²) in [5, 5.41) is 32.6. The number of esters is 2. The minimum atomic E-state index is -1.29. The third kappa shape index (κ3) is 13.2. The van der Waals surface area contributed by atoms with E-state index < -0.39 is 60.8 Å². The van der Waals surface area contributed by atoms with Crippen LogP contribution in [0.3, 0.4) is 0 Å². The summed E-state index contributed by atoms with van der Waals surface area (Å²) in [7, 11) is 0. The summed E-state index contributed by atoms with van der Waals surface area (Å²) in [4.78, 5) is 80.4. The first kappa shape index (κ1) is 44.5. The van der Waals surface area contributed by atoms with Gasteiger partial charge in [-0.1, -0.05) is 63.1 Å². The topological polar surface area (TPSA) is 257 Å². The fourth-order valence-electron chi connectivity index (χ4n) is 5.74. The molecule has 1 fully saturated rings. The predicted octanol–water partition coefficient (Wildman–Crippen LogP) is 4.93. The molecule has 0 saturated heterocycles. The lowest BCUT2D eigenvalue weighted by atomic mass is 9.89. The minimum absolute atomic E-state index is 0.0639. The number of aliphatic carboxylic acids is 1. The van der Waals surface area contributed by atoms with Crippen molar-refractivity contribution < 1.29 is 53.2 Å². The third-order valence-corrected chi connectivity index (χ3v) is 9.26. The summed E-state index contributed by atoms with van der Waals surface area (Å²) in [6.07, 6.45) is 5.71. The average Bonchev–Trinajstić information content (AvgIpc) is 4.06. The number of amidine groups is 1. The largest absolute Gasteiger partial charge is 0.481 e. The van der Waals surface area contributed by atoms with Crippen molar-refractivity contribution in [2.75, 3.05) is 19.9 Å². The van der Waals surface area contributed by atoms with Crippen LogP contribution in [0.5, 0.6) is 0 Å². The Morgan fingerprint density at radius 1 is 1.00 bits per heavy atom. The van der Waals surface area contributed by atoms with Gasteiger partial charge in [-0.05, 0) is 78.1 Å². The summed E-state index contributed by atoms with van der Waals surface area (Å²) >= 11 is 0. The monoisotopic (exact) mass is 799 g/mol. The molecule has 2 amide bonds. The fraction of sp³-hybridized carbons (Fsp3) is 0.381. The Bertz CT molecular complexity index is 2010. The Morgan fingerprint density at radius 3 is 2.40 bits per heavy atom. The molecule has 16 nitrogen and oxygen atoms in total. The highest BCUT2D eigenvalue weighted by atomic mass is 16.7. The molecule has 0 spiro atoms.